The van der Waals surface area contributed by atoms with Gasteiger partial charge in [0.1, 0.15) is 6.29 Å². The standard InChI is InChI=1S/C12H13NO/c1-2-13-7-5-11-4-3-10(6-8-14)9-12(11)13/h3-5,7-9H,2,6H2,1H3. The molecule has 0 N–H and O–H groups in total. The highest BCUT2D eigenvalue weighted by molar-refractivity contribution is 5.81. The Morgan fingerprint density at radius 2 is 2.21 bits per heavy atom. The van der Waals surface area contributed by atoms with E-state index in [-0.39, 0.29) is 0 Å². The maximum Gasteiger partial charge on any atom is 0.124 e. The van der Waals surface area contributed by atoms with E-state index in [1.165, 1.54) is 10.9 Å². The summed E-state index contributed by atoms with van der Waals surface area (Å²) >= 11 is 0. The Labute approximate surface area is 83.2 Å². The number of rotatable bonds is 3. The fraction of sp³-hybridized carbons (Fsp3) is 0.250. The minimum absolute atomic E-state index is 0.505. The van der Waals surface area contributed by atoms with Crippen LogP contribution >= 0.6 is 0 Å². The molecule has 0 radical (unpaired) electrons. The summed E-state index contributed by atoms with van der Waals surface area (Å²) < 4.78 is 2.18. The van der Waals surface area contributed by atoms with Gasteiger partial charge in [-0.1, -0.05) is 12.1 Å². The number of fused-ring (bicyclic) bond motifs is 1. The second-order valence-electron chi connectivity index (χ2n) is 3.37. The summed E-state index contributed by atoms with van der Waals surface area (Å²) in [5.74, 6) is 0. The molecule has 0 unspecified atom stereocenters. The maximum absolute atomic E-state index is 10.4. The number of carbonyl (C=O) groups excluding carboxylic acids is 1. The van der Waals surface area contributed by atoms with Gasteiger partial charge in [0.05, 0.1) is 0 Å². The highest BCUT2D eigenvalue weighted by Crippen LogP contribution is 2.17. The van der Waals surface area contributed by atoms with Gasteiger partial charge in [-0.25, -0.2) is 0 Å². The molecule has 0 fully saturated rings. The molecule has 2 aromatic rings. The topological polar surface area (TPSA) is 22.0 Å². The lowest BCUT2D eigenvalue weighted by atomic mass is 10.1. The zero-order valence-corrected chi connectivity index (χ0v) is 8.23. The van der Waals surface area contributed by atoms with Crippen molar-refractivity contribution >= 4 is 17.2 Å². The third-order valence-electron chi connectivity index (χ3n) is 2.50. The number of hydrogen-bond donors (Lipinski definition) is 0. The van der Waals surface area contributed by atoms with Crippen molar-refractivity contribution in [3.8, 4) is 0 Å². The quantitative estimate of drug-likeness (QED) is 0.676. The Bertz CT molecular complexity index is 456. The van der Waals surface area contributed by atoms with E-state index < -0.39 is 0 Å². The van der Waals surface area contributed by atoms with Crippen LogP contribution in [0, 0.1) is 0 Å². The molecule has 0 atom stereocenters. The van der Waals surface area contributed by atoms with Crippen molar-refractivity contribution in [1.29, 1.82) is 0 Å². The second-order valence-corrected chi connectivity index (χ2v) is 3.37. The Kier molecular flexibility index (Phi) is 2.35. The van der Waals surface area contributed by atoms with E-state index in [4.69, 9.17) is 0 Å². The normalized spacial score (nSPS) is 10.6. The lowest BCUT2D eigenvalue weighted by Crippen LogP contribution is -1.92. The van der Waals surface area contributed by atoms with Gasteiger partial charge >= 0.3 is 0 Å². The molecular formula is C12H13NO. The van der Waals surface area contributed by atoms with E-state index in [2.05, 4.69) is 35.9 Å². The molecule has 1 heterocycles. The molecule has 1 aromatic heterocycles. The van der Waals surface area contributed by atoms with E-state index in [0.29, 0.717) is 6.42 Å². The van der Waals surface area contributed by atoms with Gasteiger partial charge < -0.3 is 9.36 Å². The van der Waals surface area contributed by atoms with Crippen LogP contribution in [-0.2, 0) is 17.8 Å². The van der Waals surface area contributed by atoms with Crippen LogP contribution in [-0.4, -0.2) is 10.9 Å². The third-order valence-corrected chi connectivity index (χ3v) is 2.50. The van der Waals surface area contributed by atoms with Crippen LogP contribution in [0.2, 0.25) is 0 Å². The number of benzene rings is 1. The molecular weight excluding hydrogens is 174 g/mol. The molecule has 0 aliphatic carbocycles. The minimum atomic E-state index is 0.505. The molecule has 0 saturated carbocycles. The van der Waals surface area contributed by atoms with E-state index >= 15 is 0 Å². The van der Waals surface area contributed by atoms with E-state index in [1.54, 1.807) is 0 Å². The molecule has 0 aliphatic rings. The van der Waals surface area contributed by atoms with Crippen molar-refractivity contribution in [2.75, 3.05) is 0 Å². The first kappa shape index (κ1) is 9.00. The van der Waals surface area contributed by atoms with Crippen LogP contribution in [0.3, 0.4) is 0 Å². The molecule has 2 nitrogen and oxygen atoms in total. The van der Waals surface area contributed by atoms with Crippen LogP contribution in [0.5, 0.6) is 0 Å². The Hall–Kier alpha value is -1.57. The highest BCUT2D eigenvalue weighted by Gasteiger charge is 2.00. The first-order chi connectivity index (χ1) is 6.85. The van der Waals surface area contributed by atoms with Gasteiger partial charge in [0, 0.05) is 24.7 Å². The molecule has 2 rings (SSSR count). The fourth-order valence-electron chi connectivity index (χ4n) is 1.73. The smallest absolute Gasteiger partial charge is 0.124 e. The summed E-state index contributed by atoms with van der Waals surface area (Å²) in [7, 11) is 0. The average Bonchev–Trinajstić information content (AvgIpc) is 2.60. The lowest BCUT2D eigenvalue weighted by molar-refractivity contribution is -0.107. The molecule has 0 spiro atoms. The van der Waals surface area contributed by atoms with Crippen LogP contribution in [0.1, 0.15) is 12.5 Å². The number of aryl methyl sites for hydroxylation is 1. The SMILES string of the molecule is CCn1ccc2ccc(CC=O)cc21. The Morgan fingerprint density at radius 3 is 2.93 bits per heavy atom. The molecule has 2 heteroatoms. The van der Waals surface area contributed by atoms with Gasteiger partial charge in [-0.05, 0) is 30.0 Å². The van der Waals surface area contributed by atoms with Crippen LogP contribution in [0.4, 0.5) is 0 Å². The summed E-state index contributed by atoms with van der Waals surface area (Å²) in [6.45, 7) is 3.08. The van der Waals surface area contributed by atoms with Gasteiger partial charge in [0.2, 0.25) is 0 Å². The van der Waals surface area contributed by atoms with Crippen LogP contribution in [0.25, 0.3) is 10.9 Å². The molecule has 0 amide bonds. The second kappa shape index (κ2) is 3.66. The van der Waals surface area contributed by atoms with Crippen molar-refractivity contribution in [2.45, 2.75) is 19.9 Å². The molecule has 14 heavy (non-hydrogen) atoms. The predicted molar refractivity (Wildman–Crippen MR) is 57.4 cm³/mol. The average molecular weight is 187 g/mol. The number of aromatic nitrogens is 1. The Morgan fingerprint density at radius 1 is 1.36 bits per heavy atom. The van der Waals surface area contributed by atoms with Crippen molar-refractivity contribution < 1.29 is 4.79 Å². The number of aldehydes is 1. The number of nitrogens with zero attached hydrogens (tertiary/aromatic N) is 1. The summed E-state index contributed by atoms with van der Waals surface area (Å²) in [5.41, 5.74) is 2.30. The number of carbonyl (C=O) groups is 1. The zero-order valence-electron chi connectivity index (χ0n) is 8.23. The van der Waals surface area contributed by atoms with Crippen molar-refractivity contribution in [3.63, 3.8) is 0 Å². The van der Waals surface area contributed by atoms with Gasteiger partial charge in [0.15, 0.2) is 0 Å². The van der Waals surface area contributed by atoms with E-state index in [9.17, 15) is 4.79 Å². The summed E-state index contributed by atoms with van der Waals surface area (Å²) in [6.07, 6.45) is 3.53. The molecule has 0 bridgehead atoms. The first-order valence-electron chi connectivity index (χ1n) is 4.86. The van der Waals surface area contributed by atoms with Crippen LogP contribution < -0.4 is 0 Å². The predicted octanol–water partition coefficient (Wildman–Crippen LogP) is 2.40. The lowest BCUT2D eigenvalue weighted by Gasteiger charge is -2.01. The monoisotopic (exact) mass is 187 g/mol. The highest BCUT2D eigenvalue weighted by atomic mass is 16.1. The summed E-state index contributed by atoms with van der Waals surface area (Å²) in [5, 5.41) is 1.24. The Balaban J connectivity index is 2.55. The molecule has 1 aromatic carbocycles. The van der Waals surface area contributed by atoms with Gasteiger partial charge in [-0.2, -0.15) is 0 Å². The zero-order chi connectivity index (χ0) is 9.97. The maximum atomic E-state index is 10.4. The molecule has 0 saturated heterocycles. The number of hydrogen-bond acceptors (Lipinski definition) is 1. The van der Waals surface area contributed by atoms with Crippen molar-refractivity contribution in [1.82, 2.24) is 4.57 Å². The van der Waals surface area contributed by atoms with Gasteiger partial charge in [0.25, 0.3) is 0 Å². The fourth-order valence-corrected chi connectivity index (χ4v) is 1.73. The minimum Gasteiger partial charge on any atom is -0.348 e. The van der Waals surface area contributed by atoms with Crippen LogP contribution in [0.15, 0.2) is 30.5 Å². The van der Waals surface area contributed by atoms with E-state index in [0.717, 1.165) is 18.4 Å². The molecule has 0 aliphatic heterocycles. The van der Waals surface area contributed by atoms with Gasteiger partial charge in [-0.15, -0.1) is 0 Å². The largest absolute Gasteiger partial charge is 0.348 e. The third kappa shape index (κ3) is 1.43. The first-order valence-corrected chi connectivity index (χ1v) is 4.86. The van der Waals surface area contributed by atoms with Gasteiger partial charge in [-0.3, -0.25) is 0 Å². The summed E-state index contributed by atoms with van der Waals surface area (Å²) in [4.78, 5) is 10.4. The summed E-state index contributed by atoms with van der Waals surface area (Å²) in [6, 6.07) is 8.27. The molecule has 72 valence electrons. The van der Waals surface area contributed by atoms with E-state index in [1.807, 2.05) is 6.07 Å². The van der Waals surface area contributed by atoms with Crippen molar-refractivity contribution in [2.24, 2.45) is 0 Å². The van der Waals surface area contributed by atoms with Crippen molar-refractivity contribution in [3.05, 3.63) is 36.0 Å².